The average molecular weight is 617 g/mol. The number of alkyl halides is 3. The molecule has 5 rings (SSSR count). The van der Waals surface area contributed by atoms with E-state index >= 15 is 0 Å². The second kappa shape index (κ2) is 11.2. The van der Waals surface area contributed by atoms with Crippen molar-refractivity contribution in [2.75, 3.05) is 12.4 Å². The number of halogens is 4. The van der Waals surface area contributed by atoms with Crippen LogP contribution in [-0.2, 0) is 16.6 Å². The van der Waals surface area contributed by atoms with E-state index in [0.29, 0.717) is 32.3 Å². The minimum atomic E-state index is -4.66. The van der Waals surface area contributed by atoms with Gasteiger partial charge in [-0.25, -0.2) is 19.3 Å². The first-order chi connectivity index (χ1) is 20.2. The number of methoxy groups -OCH3 is 1. The molecule has 0 saturated heterocycles. The molecule has 1 aliphatic carbocycles. The number of nitrogens with one attached hydrogen (secondary N) is 1. The molecule has 0 unspecified atom stereocenters. The van der Waals surface area contributed by atoms with E-state index < -0.39 is 40.6 Å². The van der Waals surface area contributed by atoms with E-state index in [1.807, 2.05) is 13.8 Å². The van der Waals surface area contributed by atoms with Crippen LogP contribution in [0.2, 0.25) is 0 Å². The Morgan fingerprint density at radius 2 is 1.84 bits per heavy atom. The summed E-state index contributed by atoms with van der Waals surface area (Å²) in [6.45, 7) is 3.63. The van der Waals surface area contributed by atoms with Gasteiger partial charge in [-0.3, -0.25) is 4.79 Å². The van der Waals surface area contributed by atoms with Gasteiger partial charge in [0.15, 0.2) is 11.6 Å². The van der Waals surface area contributed by atoms with Gasteiger partial charge in [0.05, 0.1) is 17.9 Å². The van der Waals surface area contributed by atoms with Crippen LogP contribution in [0.1, 0.15) is 43.8 Å². The number of hydrogen-bond acceptors (Lipinski definition) is 8. The van der Waals surface area contributed by atoms with Crippen molar-refractivity contribution in [2.45, 2.75) is 44.9 Å². The summed E-state index contributed by atoms with van der Waals surface area (Å²) in [5.74, 6) is -2.32. The summed E-state index contributed by atoms with van der Waals surface area (Å²) in [4.78, 5) is 24.4. The van der Waals surface area contributed by atoms with Crippen LogP contribution in [0.15, 0.2) is 54.9 Å². The summed E-state index contributed by atoms with van der Waals surface area (Å²) in [6, 6.07) is 10.2. The SMILES string of the molecule is COc1ccc(-c2cc(Nc3nccc(C(F)(F)F)n3)cc(-c3cnc([C@]4(O)CC[C@@H](C(=O)O)C(C)(C)C4)s3)c2)cc1F. The summed E-state index contributed by atoms with van der Waals surface area (Å²) >= 11 is 1.23. The minimum Gasteiger partial charge on any atom is -0.494 e. The zero-order valence-electron chi connectivity index (χ0n) is 23.4. The molecule has 226 valence electrons. The predicted octanol–water partition coefficient (Wildman–Crippen LogP) is 7.28. The highest BCUT2D eigenvalue weighted by Gasteiger charge is 2.49. The van der Waals surface area contributed by atoms with Crippen LogP contribution >= 0.6 is 11.3 Å². The Labute approximate surface area is 248 Å². The molecule has 1 aliphatic rings. The van der Waals surface area contributed by atoms with E-state index in [4.69, 9.17) is 4.74 Å². The molecule has 2 atom stereocenters. The van der Waals surface area contributed by atoms with Crippen molar-refractivity contribution in [1.29, 1.82) is 0 Å². The summed E-state index contributed by atoms with van der Waals surface area (Å²) in [5, 5.41) is 24.4. The fraction of sp³-hybridized carbons (Fsp3) is 0.333. The lowest BCUT2D eigenvalue weighted by Crippen LogP contribution is -2.44. The lowest BCUT2D eigenvalue weighted by atomic mass is 9.63. The molecule has 2 aromatic heterocycles. The van der Waals surface area contributed by atoms with Crippen LogP contribution in [0.5, 0.6) is 5.75 Å². The molecule has 43 heavy (non-hydrogen) atoms. The number of hydrogen-bond donors (Lipinski definition) is 3. The number of nitrogens with zero attached hydrogens (tertiary/aromatic N) is 3. The first kappa shape index (κ1) is 30.4. The Hall–Kier alpha value is -4.10. The highest BCUT2D eigenvalue weighted by atomic mass is 32.1. The average Bonchev–Trinajstić information content (AvgIpc) is 3.43. The molecule has 2 aromatic carbocycles. The third-order valence-electron chi connectivity index (χ3n) is 7.64. The van der Waals surface area contributed by atoms with E-state index in [2.05, 4.69) is 20.3 Å². The number of rotatable bonds is 7. The number of thiazole rings is 1. The number of aliphatic carboxylic acids is 1. The van der Waals surface area contributed by atoms with E-state index in [9.17, 15) is 32.6 Å². The number of aromatic nitrogens is 3. The molecule has 0 amide bonds. The van der Waals surface area contributed by atoms with Crippen LogP contribution in [0.3, 0.4) is 0 Å². The van der Waals surface area contributed by atoms with Crippen molar-refractivity contribution in [3.8, 4) is 27.3 Å². The smallest absolute Gasteiger partial charge is 0.433 e. The topological polar surface area (TPSA) is 117 Å². The molecule has 4 aromatic rings. The number of ether oxygens (including phenoxy) is 1. The highest BCUT2D eigenvalue weighted by Crippen LogP contribution is 2.51. The van der Waals surface area contributed by atoms with Gasteiger partial charge in [0.2, 0.25) is 5.95 Å². The molecule has 8 nitrogen and oxygen atoms in total. The third kappa shape index (κ3) is 6.32. The fourth-order valence-electron chi connectivity index (χ4n) is 5.56. The minimum absolute atomic E-state index is 0.0523. The van der Waals surface area contributed by atoms with Gasteiger partial charge in [0.1, 0.15) is 16.3 Å². The Bertz CT molecular complexity index is 1680. The van der Waals surface area contributed by atoms with Gasteiger partial charge in [0, 0.05) is 18.1 Å². The third-order valence-corrected chi connectivity index (χ3v) is 8.88. The number of carboxylic acids is 1. The van der Waals surface area contributed by atoms with Crippen LogP contribution in [0.25, 0.3) is 21.6 Å². The highest BCUT2D eigenvalue weighted by molar-refractivity contribution is 7.15. The molecule has 13 heteroatoms. The quantitative estimate of drug-likeness (QED) is 0.186. The van der Waals surface area contributed by atoms with Crippen molar-refractivity contribution in [3.63, 3.8) is 0 Å². The summed E-state index contributed by atoms with van der Waals surface area (Å²) in [5.41, 5.74) is -1.18. The molecule has 2 heterocycles. The van der Waals surface area contributed by atoms with Crippen molar-refractivity contribution < 1.29 is 37.3 Å². The second-order valence-electron chi connectivity index (χ2n) is 11.2. The van der Waals surface area contributed by atoms with Gasteiger partial charge >= 0.3 is 12.1 Å². The Balaban J connectivity index is 1.54. The van der Waals surface area contributed by atoms with Crippen molar-refractivity contribution in [3.05, 3.63) is 71.4 Å². The van der Waals surface area contributed by atoms with Crippen molar-refractivity contribution in [1.82, 2.24) is 15.0 Å². The van der Waals surface area contributed by atoms with Gasteiger partial charge in [-0.1, -0.05) is 19.9 Å². The number of carboxylic acid groups (broad SMARTS) is 1. The second-order valence-corrected chi connectivity index (χ2v) is 12.2. The monoisotopic (exact) mass is 616 g/mol. The number of benzene rings is 2. The number of anilines is 2. The maximum Gasteiger partial charge on any atom is 0.433 e. The molecule has 1 fully saturated rings. The van der Waals surface area contributed by atoms with Crippen LogP contribution < -0.4 is 10.1 Å². The van der Waals surface area contributed by atoms with E-state index in [1.165, 1.54) is 30.6 Å². The van der Waals surface area contributed by atoms with Gasteiger partial charge < -0.3 is 20.3 Å². The molecular weight excluding hydrogens is 588 g/mol. The van der Waals surface area contributed by atoms with E-state index in [0.717, 1.165) is 12.3 Å². The zero-order chi connectivity index (χ0) is 31.2. The fourth-order valence-corrected chi connectivity index (χ4v) is 6.58. The van der Waals surface area contributed by atoms with E-state index in [1.54, 1.807) is 30.5 Å². The van der Waals surface area contributed by atoms with Gasteiger partial charge in [-0.2, -0.15) is 13.2 Å². The molecule has 0 radical (unpaired) electrons. The van der Waals surface area contributed by atoms with Crippen molar-refractivity contribution in [2.24, 2.45) is 11.3 Å². The molecule has 0 spiro atoms. The Morgan fingerprint density at radius 1 is 1.09 bits per heavy atom. The predicted molar refractivity (Wildman–Crippen MR) is 152 cm³/mol. The largest absolute Gasteiger partial charge is 0.494 e. The van der Waals surface area contributed by atoms with Crippen LogP contribution in [0, 0.1) is 17.2 Å². The summed E-state index contributed by atoms with van der Waals surface area (Å²) in [6.07, 6.45) is -1.37. The lowest BCUT2D eigenvalue weighted by molar-refractivity contribution is -0.154. The van der Waals surface area contributed by atoms with Crippen molar-refractivity contribution >= 4 is 28.9 Å². The first-order valence-electron chi connectivity index (χ1n) is 13.3. The summed E-state index contributed by atoms with van der Waals surface area (Å²) < 4.78 is 59.4. The molecule has 0 aliphatic heterocycles. The molecular formula is C30H28F4N4O4S. The summed E-state index contributed by atoms with van der Waals surface area (Å²) in [7, 11) is 1.35. The van der Waals surface area contributed by atoms with Crippen LogP contribution in [-0.4, -0.2) is 38.2 Å². The normalized spacial score (nSPS) is 20.0. The molecule has 0 bridgehead atoms. The Kier molecular flexibility index (Phi) is 7.90. The van der Waals surface area contributed by atoms with Gasteiger partial charge in [0.25, 0.3) is 0 Å². The first-order valence-corrected chi connectivity index (χ1v) is 14.1. The lowest BCUT2D eigenvalue weighted by Gasteiger charge is -2.44. The van der Waals surface area contributed by atoms with E-state index in [-0.39, 0.29) is 31.0 Å². The Morgan fingerprint density at radius 3 is 2.49 bits per heavy atom. The maximum atomic E-state index is 14.6. The number of carbonyl (C=O) groups is 1. The standard InChI is InChI=1S/C30H28F4N4O4S/c1-28(2)15-29(41,8-6-20(28)25(39)40)26-36-14-23(43-26)18-10-17(16-4-5-22(42-3)21(31)13-16)11-19(12-18)37-27-35-9-7-24(38-27)30(32,33)34/h4-5,7,9-14,20,41H,6,8,15H2,1-3H3,(H,39,40)(H,35,37,38)/t20-,29-/m0/s1. The van der Waals surface area contributed by atoms with Gasteiger partial charge in [-0.15, -0.1) is 11.3 Å². The number of aliphatic hydroxyl groups is 1. The maximum absolute atomic E-state index is 14.6. The molecule has 3 N–H and O–H groups in total. The zero-order valence-corrected chi connectivity index (χ0v) is 24.2. The van der Waals surface area contributed by atoms with Crippen LogP contribution in [0.4, 0.5) is 29.2 Å². The van der Waals surface area contributed by atoms with Gasteiger partial charge in [-0.05, 0) is 77.8 Å². The molecule has 1 saturated carbocycles.